The molecule has 3 aromatic carbocycles. The van der Waals surface area contributed by atoms with Crippen LogP contribution in [0, 0.1) is 6.92 Å². The molecule has 0 aromatic heterocycles. The van der Waals surface area contributed by atoms with Crippen molar-refractivity contribution in [2.24, 2.45) is 0 Å². The molecule has 0 atom stereocenters. The first-order chi connectivity index (χ1) is 19.2. The third kappa shape index (κ3) is 5.31. The molecule has 5 rings (SSSR count). The lowest BCUT2D eigenvalue weighted by molar-refractivity contribution is 0.0858. The molecule has 40 heavy (non-hydrogen) atoms. The van der Waals surface area contributed by atoms with Gasteiger partial charge in [-0.05, 0) is 62.6 Å². The van der Waals surface area contributed by atoms with Crippen LogP contribution in [0.4, 0.5) is 10.5 Å². The number of fused-ring (bicyclic) bond motifs is 2. The first-order valence-corrected chi connectivity index (χ1v) is 14.8. The van der Waals surface area contributed by atoms with E-state index in [0.717, 1.165) is 11.1 Å². The van der Waals surface area contributed by atoms with Gasteiger partial charge < -0.3 is 19.9 Å². The maximum Gasteiger partial charge on any atom is 0.409 e. The van der Waals surface area contributed by atoms with E-state index < -0.39 is 15.7 Å². The number of nitrogens with zero attached hydrogens (tertiary/aromatic N) is 2. The quantitative estimate of drug-likeness (QED) is 0.496. The number of piperidine rings is 1. The van der Waals surface area contributed by atoms with Gasteiger partial charge in [0.2, 0.25) is 9.84 Å². The van der Waals surface area contributed by atoms with Crippen molar-refractivity contribution >= 4 is 33.4 Å². The van der Waals surface area contributed by atoms with E-state index in [9.17, 15) is 22.8 Å². The van der Waals surface area contributed by atoms with Gasteiger partial charge in [-0.2, -0.15) is 0 Å². The topological polar surface area (TPSA) is 113 Å². The van der Waals surface area contributed by atoms with E-state index in [0.29, 0.717) is 32.5 Å². The maximum atomic E-state index is 13.8. The van der Waals surface area contributed by atoms with Crippen LogP contribution >= 0.6 is 0 Å². The summed E-state index contributed by atoms with van der Waals surface area (Å²) in [5.41, 5.74) is 2.34. The molecule has 208 valence electrons. The summed E-state index contributed by atoms with van der Waals surface area (Å²) >= 11 is 0. The van der Waals surface area contributed by atoms with Crippen LogP contribution in [0.25, 0.3) is 0 Å². The number of likely N-dealkylation sites (tertiary alicyclic amines) is 1. The number of amides is 3. The van der Waals surface area contributed by atoms with E-state index in [1.807, 2.05) is 31.2 Å². The number of carbonyl (C=O) groups excluding carboxylic acids is 3. The van der Waals surface area contributed by atoms with Crippen molar-refractivity contribution < 1.29 is 27.5 Å². The molecule has 3 amide bonds. The fourth-order valence-electron chi connectivity index (χ4n) is 5.19. The van der Waals surface area contributed by atoms with Crippen LogP contribution in [0.3, 0.4) is 0 Å². The molecular formula is C30H31N3O6S. The number of carbonyl (C=O) groups is 3. The van der Waals surface area contributed by atoms with Crippen LogP contribution in [0.5, 0.6) is 0 Å². The minimum Gasteiger partial charge on any atom is -0.450 e. The van der Waals surface area contributed by atoms with Gasteiger partial charge in [0, 0.05) is 24.7 Å². The molecule has 0 bridgehead atoms. The van der Waals surface area contributed by atoms with Crippen LogP contribution in [0.1, 0.15) is 51.6 Å². The van der Waals surface area contributed by atoms with Crippen LogP contribution in [0.15, 0.2) is 76.5 Å². The van der Waals surface area contributed by atoms with Crippen molar-refractivity contribution in [1.29, 1.82) is 0 Å². The van der Waals surface area contributed by atoms with Crippen LogP contribution in [-0.2, 0) is 21.1 Å². The summed E-state index contributed by atoms with van der Waals surface area (Å²) in [7, 11) is -4.04. The molecule has 1 N–H and O–H groups in total. The van der Waals surface area contributed by atoms with Gasteiger partial charge in [-0.15, -0.1) is 0 Å². The molecule has 2 heterocycles. The second-order valence-corrected chi connectivity index (χ2v) is 11.9. The highest BCUT2D eigenvalue weighted by Crippen LogP contribution is 2.38. The van der Waals surface area contributed by atoms with Gasteiger partial charge in [0.1, 0.15) is 0 Å². The third-order valence-corrected chi connectivity index (χ3v) is 9.09. The molecule has 0 aliphatic carbocycles. The van der Waals surface area contributed by atoms with Gasteiger partial charge >= 0.3 is 6.09 Å². The molecule has 0 unspecified atom stereocenters. The van der Waals surface area contributed by atoms with Crippen molar-refractivity contribution in [2.45, 2.75) is 49.1 Å². The average Bonchev–Trinajstić information content (AvgIpc) is 3.01. The van der Waals surface area contributed by atoms with Crippen LogP contribution in [0.2, 0.25) is 0 Å². The highest BCUT2D eigenvalue weighted by molar-refractivity contribution is 7.91. The Hall–Kier alpha value is -4.18. The molecule has 9 nitrogen and oxygen atoms in total. The van der Waals surface area contributed by atoms with E-state index in [1.54, 1.807) is 24.0 Å². The number of aryl methyl sites for hydroxylation is 1. The molecule has 1 saturated heterocycles. The Morgan fingerprint density at radius 1 is 0.975 bits per heavy atom. The number of benzene rings is 3. The fourth-order valence-corrected chi connectivity index (χ4v) is 6.82. The number of rotatable bonds is 5. The molecule has 0 saturated carbocycles. The summed E-state index contributed by atoms with van der Waals surface area (Å²) in [6.07, 6.45) is 0.771. The summed E-state index contributed by atoms with van der Waals surface area (Å²) in [4.78, 5) is 42.1. The molecule has 3 aromatic rings. The maximum absolute atomic E-state index is 13.8. The normalized spacial score (nSPS) is 16.5. The predicted octanol–water partition coefficient (Wildman–Crippen LogP) is 4.34. The highest BCUT2D eigenvalue weighted by Gasteiger charge is 2.36. The number of anilines is 1. The Morgan fingerprint density at radius 2 is 1.73 bits per heavy atom. The zero-order valence-electron chi connectivity index (χ0n) is 22.4. The van der Waals surface area contributed by atoms with Gasteiger partial charge in [0.15, 0.2) is 0 Å². The predicted molar refractivity (Wildman–Crippen MR) is 149 cm³/mol. The number of nitrogens with one attached hydrogen (secondary N) is 1. The van der Waals surface area contributed by atoms with Gasteiger partial charge in [0.05, 0.1) is 34.2 Å². The van der Waals surface area contributed by atoms with E-state index in [-0.39, 0.29) is 51.2 Å². The minimum atomic E-state index is -4.04. The number of sulfone groups is 1. The molecule has 2 aliphatic rings. The van der Waals surface area contributed by atoms with Crippen molar-refractivity contribution in [2.75, 3.05) is 24.6 Å². The SMILES string of the molecule is CCOC(=O)N1CCC(NC(=O)c2ccc3c(c2)N(Cc2cccc(C)c2)C(=O)c2ccccc2S3(=O)=O)CC1. The molecule has 0 radical (unpaired) electrons. The monoisotopic (exact) mass is 561 g/mol. The number of ether oxygens (including phenoxy) is 1. The number of hydrogen-bond acceptors (Lipinski definition) is 6. The fraction of sp³-hybridized carbons (Fsp3) is 0.300. The van der Waals surface area contributed by atoms with Gasteiger partial charge in [-0.1, -0.05) is 42.0 Å². The molecule has 2 aliphatic heterocycles. The highest BCUT2D eigenvalue weighted by atomic mass is 32.2. The van der Waals surface area contributed by atoms with E-state index in [2.05, 4.69) is 5.32 Å². The zero-order valence-corrected chi connectivity index (χ0v) is 23.2. The Kier molecular flexibility index (Phi) is 7.62. The largest absolute Gasteiger partial charge is 0.450 e. The second-order valence-electron chi connectivity index (χ2n) is 10.00. The van der Waals surface area contributed by atoms with Gasteiger partial charge in [0.25, 0.3) is 11.8 Å². The standard InChI is InChI=1S/C30H31N3O6S/c1-3-39-30(36)32-15-13-23(14-16-32)31-28(34)22-11-12-27-25(18-22)33(19-21-8-6-7-20(2)17-21)29(35)24-9-4-5-10-26(24)40(27,37)38/h4-12,17-18,23H,3,13-16,19H2,1-2H3,(H,31,34). The van der Waals surface area contributed by atoms with E-state index in [1.165, 1.54) is 35.2 Å². The van der Waals surface area contributed by atoms with Crippen molar-refractivity contribution in [3.63, 3.8) is 0 Å². The lowest BCUT2D eigenvalue weighted by Gasteiger charge is -2.31. The first-order valence-electron chi connectivity index (χ1n) is 13.3. The molecule has 0 spiro atoms. The van der Waals surface area contributed by atoms with Gasteiger partial charge in [-0.25, -0.2) is 13.2 Å². The Labute approximate surface area is 233 Å². The lowest BCUT2D eigenvalue weighted by Crippen LogP contribution is -2.46. The molecule has 1 fully saturated rings. The Balaban J connectivity index is 1.47. The molecular weight excluding hydrogens is 530 g/mol. The summed E-state index contributed by atoms with van der Waals surface area (Å²) in [5.74, 6) is -0.831. The van der Waals surface area contributed by atoms with E-state index >= 15 is 0 Å². The van der Waals surface area contributed by atoms with Gasteiger partial charge in [-0.3, -0.25) is 9.59 Å². The van der Waals surface area contributed by atoms with Crippen molar-refractivity contribution in [3.05, 3.63) is 89.0 Å². The lowest BCUT2D eigenvalue weighted by atomic mass is 10.0. The second kappa shape index (κ2) is 11.1. The number of hydrogen-bond donors (Lipinski definition) is 1. The van der Waals surface area contributed by atoms with E-state index in [4.69, 9.17) is 4.74 Å². The average molecular weight is 562 g/mol. The van der Waals surface area contributed by atoms with Crippen molar-refractivity contribution in [1.82, 2.24) is 10.2 Å². The molecule has 10 heteroatoms. The Bertz CT molecular complexity index is 1580. The zero-order chi connectivity index (χ0) is 28.4. The summed E-state index contributed by atoms with van der Waals surface area (Å²) < 4.78 is 32.5. The third-order valence-electron chi connectivity index (χ3n) is 7.23. The summed E-state index contributed by atoms with van der Waals surface area (Å²) in [6, 6.07) is 18.0. The Morgan fingerprint density at radius 3 is 2.45 bits per heavy atom. The van der Waals surface area contributed by atoms with Crippen molar-refractivity contribution in [3.8, 4) is 0 Å². The van der Waals surface area contributed by atoms with Crippen LogP contribution < -0.4 is 10.2 Å². The summed E-state index contributed by atoms with van der Waals surface area (Å²) in [5, 5.41) is 3.00. The summed E-state index contributed by atoms with van der Waals surface area (Å²) in [6.45, 7) is 5.06. The first kappa shape index (κ1) is 27.4. The van der Waals surface area contributed by atoms with Crippen LogP contribution in [-0.4, -0.2) is 57.0 Å². The smallest absolute Gasteiger partial charge is 0.409 e. The minimum absolute atomic E-state index is 0.0299.